The van der Waals surface area contributed by atoms with Crippen LogP contribution in [0.3, 0.4) is 0 Å². The second-order valence-corrected chi connectivity index (χ2v) is 9.70. The van der Waals surface area contributed by atoms with Crippen LogP contribution in [0.2, 0.25) is 10.0 Å². The molecule has 8 heteroatoms. The third-order valence-electron chi connectivity index (χ3n) is 5.95. The molecular weight excluding hydrogens is 457 g/mol. The fourth-order valence-corrected chi connectivity index (χ4v) is 6.06. The zero-order valence-electron chi connectivity index (χ0n) is 16.2. The van der Waals surface area contributed by atoms with E-state index < -0.39 is 22.4 Å². The third kappa shape index (κ3) is 3.33. The number of fused-ring (bicyclic) bond motifs is 2. The van der Waals surface area contributed by atoms with Crippen molar-refractivity contribution in [1.29, 1.82) is 0 Å². The summed E-state index contributed by atoms with van der Waals surface area (Å²) >= 11 is 13.3. The van der Waals surface area contributed by atoms with Gasteiger partial charge >= 0.3 is 0 Å². The lowest BCUT2D eigenvalue weighted by atomic mass is 9.83. The van der Waals surface area contributed by atoms with Crippen molar-refractivity contribution in [2.24, 2.45) is 0 Å². The molecule has 1 saturated heterocycles. The Balaban J connectivity index is 1.63. The molecule has 31 heavy (non-hydrogen) atoms. The van der Waals surface area contributed by atoms with E-state index in [2.05, 4.69) is 5.32 Å². The van der Waals surface area contributed by atoms with Gasteiger partial charge in [-0.15, -0.1) is 11.8 Å². The van der Waals surface area contributed by atoms with Crippen LogP contribution in [0.4, 0.5) is 0 Å². The number of benzene rings is 2. The summed E-state index contributed by atoms with van der Waals surface area (Å²) in [5.41, 5.74) is 0.539. The van der Waals surface area contributed by atoms with E-state index in [0.29, 0.717) is 53.4 Å². The van der Waals surface area contributed by atoms with Crippen LogP contribution in [0, 0.1) is 0 Å². The molecule has 0 saturated carbocycles. The summed E-state index contributed by atoms with van der Waals surface area (Å²) in [5.74, 6) is -0.997. The Morgan fingerprint density at radius 1 is 1.00 bits per heavy atom. The van der Waals surface area contributed by atoms with Crippen LogP contribution < -0.4 is 5.32 Å². The minimum absolute atomic E-state index is 0.198. The Morgan fingerprint density at radius 2 is 1.71 bits per heavy atom. The van der Waals surface area contributed by atoms with Gasteiger partial charge in [-0.05, 0) is 31.3 Å². The lowest BCUT2D eigenvalue weighted by molar-refractivity contribution is -0.111. The molecule has 0 amide bonds. The highest BCUT2D eigenvalue weighted by Crippen LogP contribution is 2.51. The second kappa shape index (κ2) is 7.78. The number of piperidine rings is 1. The Bertz CT molecular complexity index is 1170. The van der Waals surface area contributed by atoms with Gasteiger partial charge in [0.2, 0.25) is 11.6 Å². The second-order valence-electron chi connectivity index (χ2n) is 7.77. The maximum absolute atomic E-state index is 13.6. The number of halogens is 2. The number of carbonyl (C=O) groups is 3. The molecule has 5 rings (SSSR count). The highest BCUT2D eigenvalue weighted by Gasteiger charge is 2.53. The minimum atomic E-state index is -0.800. The third-order valence-corrected chi connectivity index (χ3v) is 8.17. The molecule has 1 N–H and O–H groups in total. The quantitative estimate of drug-likeness (QED) is 0.508. The highest BCUT2D eigenvalue weighted by molar-refractivity contribution is 8.05. The van der Waals surface area contributed by atoms with Gasteiger partial charge in [0, 0.05) is 29.5 Å². The van der Waals surface area contributed by atoms with Gasteiger partial charge in [0.05, 0.1) is 10.0 Å². The number of ketones is 3. The number of ether oxygens (including phenoxy) is 1. The van der Waals surface area contributed by atoms with E-state index in [1.165, 1.54) is 6.07 Å². The first-order chi connectivity index (χ1) is 14.9. The Labute approximate surface area is 193 Å². The van der Waals surface area contributed by atoms with E-state index in [1.54, 1.807) is 30.3 Å². The average Bonchev–Trinajstić information content (AvgIpc) is 2.79. The number of thioether (sulfide) groups is 1. The lowest BCUT2D eigenvalue weighted by Gasteiger charge is -2.47. The van der Waals surface area contributed by atoms with Crippen molar-refractivity contribution >= 4 is 58.1 Å². The smallest absolute Gasteiger partial charge is 0.243 e. The normalized spacial score (nSPS) is 22.1. The predicted octanol–water partition coefficient (Wildman–Crippen LogP) is 4.56. The van der Waals surface area contributed by atoms with Crippen LogP contribution in [0.5, 0.6) is 0 Å². The predicted molar refractivity (Wildman–Crippen MR) is 121 cm³/mol. The molecular formula is C23H17Cl2NO4S. The maximum Gasteiger partial charge on any atom is 0.243 e. The van der Waals surface area contributed by atoms with E-state index in [0.717, 1.165) is 11.8 Å². The van der Waals surface area contributed by atoms with Gasteiger partial charge in [-0.3, -0.25) is 14.4 Å². The van der Waals surface area contributed by atoms with Crippen LogP contribution in [0.1, 0.15) is 39.1 Å². The number of hydrogen-bond donors (Lipinski definition) is 1. The van der Waals surface area contributed by atoms with Crippen LogP contribution >= 0.6 is 35.0 Å². The van der Waals surface area contributed by atoms with Crippen molar-refractivity contribution < 1.29 is 19.1 Å². The zero-order valence-corrected chi connectivity index (χ0v) is 18.6. The largest absolute Gasteiger partial charge is 0.484 e. The molecule has 0 aromatic heterocycles. The van der Waals surface area contributed by atoms with Gasteiger partial charge in [0.15, 0.2) is 5.78 Å². The maximum atomic E-state index is 13.6. The molecule has 2 heterocycles. The first-order valence-corrected chi connectivity index (χ1v) is 11.5. The number of carbonyl (C=O) groups excluding carboxylic acids is 3. The Hall–Kier alpha value is -2.12. The van der Waals surface area contributed by atoms with Crippen LogP contribution in [-0.2, 0) is 9.53 Å². The number of allylic oxidation sites excluding steroid dienone is 1. The molecule has 0 radical (unpaired) electrons. The first kappa shape index (κ1) is 20.8. The molecule has 3 aliphatic rings. The van der Waals surface area contributed by atoms with Crippen LogP contribution in [0.25, 0.3) is 5.76 Å². The van der Waals surface area contributed by atoms with Crippen molar-refractivity contribution in [2.45, 2.75) is 23.7 Å². The summed E-state index contributed by atoms with van der Waals surface area (Å²) in [5, 5.41) is 3.26. The van der Waals surface area contributed by atoms with Gasteiger partial charge in [0.25, 0.3) is 0 Å². The fourth-order valence-electron chi connectivity index (χ4n) is 4.33. The molecule has 2 aromatic rings. The van der Waals surface area contributed by atoms with Gasteiger partial charge < -0.3 is 10.1 Å². The van der Waals surface area contributed by atoms with Crippen molar-refractivity contribution in [3.8, 4) is 0 Å². The lowest BCUT2D eigenvalue weighted by Crippen LogP contribution is -2.55. The van der Waals surface area contributed by atoms with Gasteiger partial charge in [-0.25, -0.2) is 0 Å². The van der Waals surface area contributed by atoms with E-state index in [1.807, 2.05) is 6.07 Å². The van der Waals surface area contributed by atoms with Crippen LogP contribution in [-0.4, -0.2) is 41.3 Å². The number of hydrogen-bond acceptors (Lipinski definition) is 6. The topological polar surface area (TPSA) is 72.5 Å². The molecule has 0 bridgehead atoms. The highest BCUT2D eigenvalue weighted by atomic mass is 35.5. The van der Waals surface area contributed by atoms with Gasteiger partial charge in [0.1, 0.15) is 21.5 Å². The van der Waals surface area contributed by atoms with Crippen LogP contribution in [0.15, 0.2) is 47.4 Å². The summed E-state index contributed by atoms with van der Waals surface area (Å²) in [6.07, 6.45) is 1.19. The summed E-state index contributed by atoms with van der Waals surface area (Å²) in [7, 11) is 0. The molecule has 1 aliphatic carbocycles. The van der Waals surface area contributed by atoms with E-state index in [4.69, 9.17) is 27.9 Å². The van der Waals surface area contributed by atoms with Gasteiger partial charge in [-0.2, -0.15) is 0 Å². The van der Waals surface area contributed by atoms with E-state index in [-0.39, 0.29) is 15.7 Å². The Morgan fingerprint density at radius 3 is 2.42 bits per heavy atom. The monoisotopic (exact) mass is 473 g/mol. The number of rotatable bonds is 2. The molecule has 1 fully saturated rings. The van der Waals surface area contributed by atoms with Crippen molar-refractivity contribution in [3.05, 3.63) is 74.1 Å². The average molecular weight is 474 g/mol. The zero-order chi connectivity index (χ0) is 21.8. The number of Topliss-reactive ketones (excluding diaryl/α,β-unsaturated/α-hetero) is 3. The summed E-state index contributed by atoms with van der Waals surface area (Å²) in [6, 6.07) is 11.7. The standard InChI is InChI=1S/C23H17Cl2NO4S/c24-15-6-5-12(11-16(15)25)17(27)22-23(7-9-26-10-8-23)30-20-14-4-2-1-3-13(14)18(28)19(29)21(20)31-22/h1-6,11,22,26H,7-10H2/t22-/m0/s1. The minimum Gasteiger partial charge on any atom is -0.484 e. The van der Waals surface area contributed by atoms with Crippen molar-refractivity contribution in [3.63, 3.8) is 0 Å². The van der Waals surface area contributed by atoms with Crippen molar-refractivity contribution in [2.75, 3.05) is 13.1 Å². The fraction of sp³-hybridized carbons (Fsp3) is 0.261. The molecule has 2 aromatic carbocycles. The molecule has 2 aliphatic heterocycles. The van der Waals surface area contributed by atoms with E-state index >= 15 is 0 Å². The molecule has 1 atom stereocenters. The van der Waals surface area contributed by atoms with Crippen molar-refractivity contribution in [1.82, 2.24) is 5.32 Å². The molecule has 5 nitrogen and oxygen atoms in total. The number of nitrogens with one attached hydrogen (secondary N) is 1. The summed E-state index contributed by atoms with van der Waals surface area (Å²) in [6.45, 7) is 1.37. The first-order valence-electron chi connectivity index (χ1n) is 9.90. The Kier molecular flexibility index (Phi) is 5.21. The SMILES string of the molecule is O=C1C(=O)c2ccccc2C2=C1S[C@@H](C(=O)c1ccc(Cl)c(Cl)c1)C1(CCNCC1)O2. The molecule has 0 unspecified atom stereocenters. The molecule has 1 spiro atoms. The van der Waals surface area contributed by atoms with Gasteiger partial charge in [-0.1, -0.05) is 47.5 Å². The van der Waals surface area contributed by atoms with E-state index in [9.17, 15) is 14.4 Å². The summed E-state index contributed by atoms with van der Waals surface area (Å²) in [4.78, 5) is 39.4. The summed E-state index contributed by atoms with van der Waals surface area (Å²) < 4.78 is 6.54. The molecule has 158 valence electrons.